The Bertz CT molecular complexity index is 461. The molecule has 0 spiro atoms. The fourth-order valence-electron chi connectivity index (χ4n) is 2.61. The zero-order chi connectivity index (χ0) is 15.4. The van der Waals surface area contributed by atoms with Crippen molar-refractivity contribution in [3.63, 3.8) is 0 Å². The van der Waals surface area contributed by atoms with Gasteiger partial charge in [-0.15, -0.1) is 0 Å². The van der Waals surface area contributed by atoms with Crippen LogP contribution in [0.4, 0.5) is 5.69 Å². The number of anilines is 1. The highest BCUT2D eigenvalue weighted by atomic mass is 16.2. The van der Waals surface area contributed by atoms with Gasteiger partial charge in [-0.1, -0.05) is 20.8 Å². The molecule has 4 nitrogen and oxygen atoms in total. The second-order valence-corrected chi connectivity index (χ2v) is 7.04. The van der Waals surface area contributed by atoms with Crippen molar-refractivity contribution >= 4 is 11.6 Å². The number of pyridine rings is 1. The van der Waals surface area contributed by atoms with Crippen LogP contribution in [0.15, 0.2) is 18.3 Å². The first-order valence-electron chi connectivity index (χ1n) is 7.15. The Morgan fingerprint density at radius 3 is 2.45 bits per heavy atom. The van der Waals surface area contributed by atoms with Gasteiger partial charge >= 0.3 is 0 Å². The van der Waals surface area contributed by atoms with Gasteiger partial charge in [-0.3, -0.25) is 9.78 Å². The van der Waals surface area contributed by atoms with Gasteiger partial charge in [0.2, 0.25) is 0 Å². The van der Waals surface area contributed by atoms with Crippen LogP contribution in [0.5, 0.6) is 0 Å². The molecule has 0 aromatic carbocycles. The number of carbonyl (C=O) groups excluding carboxylic acids is 1. The molecular formula is C16H27N3O. The van der Waals surface area contributed by atoms with Gasteiger partial charge < -0.3 is 10.6 Å². The molecule has 0 aliphatic rings. The Labute approximate surface area is 122 Å². The molecule has 0 atom stereocenters. The van der Waals surface area contributed by atoms with Crippen molar-refractivity contribution in [1.29, 1.82) is 0 Å². The summed E-state index contributed by atoms with van der Waals surface area (Å²) in [6, 6.07) is 3.65. The second kappa shape index (κ2) is 6.25. The largest absolute Gasteiger partial charge is 0.385 e. The zero-order valence-corrected chi connectivity index (χ0v) is 13.5. The summed E-state index contributed by atoms with van der Waals surface area (Å²) in [6.45, 7) is 13.4. The minimum atomic E-state index is -0.259. The van der Waals surface area contributed by atoms with Crippen molar-refractivity contribution in [2.24, 2.45) is 5.41 Å². The van der Waals surface area contributed by atoms with Crippen LogP contribution in [0, 0.1) is 5.41 Å². The lowest BCUT2D eigenvalue weighted by molar-refractivity contribution is 0.0886. The molecule has 20 heavy (non-hydrogen) atoms. The molecule has 1 aromatic rings. The second-order valence-electron chi connectivity index (χ2n) is 7.04. The number of nitrogens with zero attached hydrogens (tertiary/aromatic N) is 1. The maximum atomic E-state index is 12.3. The summed E-state index contributed by atoms with van der Waals surface area (Å²) in [7, 11) is 0. The smallest absolute Gasteiger partial charge is 0.270 e. The van der Waals surface area contributed by atoms with Crippen LogP contribution in [-0.2, 0) is 0 Å². The van der Waals surface area contributed by atoms with Gasteiger partial charge in [0.05, 0.1) is 0 Å². The molecule has 112 valence electrons. The molecule has 1 aromatic heterocycles. The summed E-state index contributed by atoms with van der Waals surface area (Å²) < 4.78 is 0. The van der Waals surface area contributed by atoms with Gasteiger partial charge in [0.15, 0.2) is 0 Å². The molecule has 1 heterocycles. The standard InChI is InChI=1S/C16H27N3O/c1-7-17-12-8-9-18-13(10-12)14(20)19-16(5,6)11-15(2,3)4/h8-10H,7,11H2,1-6H3,(H,17,18)(H,19,20). The Morgan fingerprint density at radius 2 is 1.90 bits per heavy atom. The Balaban J connectivity index is 2.78. The Morgan fingerprint density at radius 1 is 1.25 bits per heavy atom. The van der Waals surface area contributed by atoms with Crippen molar-refractivity contribution in [3.05, 3.63) is 24.0 Å². The first kappa shape index (κ1) is 16.5. The Hall–Kier alpha value is -1.58. The summed E-state index contributed by atoms with van der Waals surface area (Å²) in [6.07, 6.45) is 2.56. The van der Waals surface area contributed by atoms with Crippen LogP contribution in [0.25, 0.3) is 0 Å². The number of rotatable bonds is 5. The summed E-state index contributed by atoms with van der Waals surface area (Å²) >= 11 is 0. The minimum absolute atomic E-state index is 0.126. The van der Waals surface area contributed by atoms with Gasteiger partial charge in [-0.2, -0.15) is 0 Å². The quantitative estimate of drug-likeness (QED) is 0.866. The Kier molecular flexibility index (Phi) is 5.15. The molecule has 1 rings (SSSR count). The number of hydrogen-bond acceptors (Lipinski definition) is 3. The van der Waals surface area contributed by atoms with E-state index >= 15 is 0 Å². The summed E-state index contributed by atoms with van der Waals surface area (Å²) in [4.78, 5) is 16.5. The highest BCUT2D eigenvalue weighted by Crippen LogP contribution is 2.27. The van der Waals surface area contributed by atoms with Crippen LogP contribution in [-0.4, -0.2) is 23.0 Å². The number of hydrogen-bond donors (Lipinski definition) is 2. The molecule has 1 amide bonds. The maximum absolute atomic E-state index is 12.3. The summed E-state index contributed by atoms with van der Waals surface area (Å²) in [5.74, 6) is -0.126. The topological polar surface area (TPSA) is 54.0 Å². The molecule has 4 heteroatoms. The van der Waals surface area contributed by atoms with Gasteiger partial charge in [-0.25, -0.2) is 0 Å². The van der Waals surface area contributed by atoms with Crippen LogP contribution >= 0.6 is 0 Å². The van der Waals surface area contributed by atoms with E-state index < -0.39 is 0 Å². The van der Waals surface area contributed by atoms with Crippen molar-refractivity contribution in [3.8, 4) is 0 Å². The van der Waals surface area contributed by atoms with E-state index in [0.29, 0.717) is 5.69 Å². The fourth-order valence-corrected chi connectivity index (χ4v) is 2.61. The van der Waals surface area contributed by atoms with Gasteiger partial charge in [0, 0.05) is 24.0 Å². The molecular weight excluding hydrogens is 250 g/mol. The molecule has 0 aliphatic heterocycles. The number of amides is 1. The van der Waals surface area contributed by atoms with Crippen molar-refractivity contribution in [2.75, 3.05) is 11.9 Å². The molecule has 0 saturated carbocycles. The first-order valence-corrected chi connectivity index (χ1v) is 7.15. The molecule has 0 bridgehead atoms. The van der Waals surface area contributed by atoms with Crippen LogP contribution in [0.2, 0.25) is 0 Å². The lowest BCUT2D eigenvalue weighted by Gasteiger charge is -2.33. The van der Waals surface area contributed by atoms with Gasteiger partial charge in [0.25, 0.3) is 5.91 Å². The van der Waals surface area contributed by atoms with Crippen molar-refractivity contribution in [1.82, 2.24) is 10.3 Å². The predicted molar refractivity (Wildman–Crippen MR) is 84.0 cm³/mol. The number of nitrogens with one attached hydrogen (secondary N) is 2. The van der Waals surface area contributed by atoms with Crippen LogP contribution < -0.4 is 10.6 Å². The third-order valence-electron chi connectivity index (χ3n) is 2.80. The van der Waals surface area contributed by atoms with Crippen LogP contribution in [0.1, 0.15) is 58.5 Å². The predicted octanol–water partition coefficient (Wildman–Crippen LogP) is 3.46. The lowest BCUT2D eigenvalue weighted by atomic mass is 9.82. The molecule has 2 N–H and O–H groups in total. The average molecular weight is 277 g/mol. The van der Waals surface area contributed by atoms with E-state index in [4.69, 9.17) is 0 Å². The van der Waals surface area contributed by atoms with E-state index in [1.807, 2.05) is 26.8 Å². The van der Waals surface area contributed by atoms with E-state index in [0.717, 1.165) is 18.7 Å². The molecule has 0 fully saturated rings. The zero-order valence-electron chi connectivity index (χ0n) is 13.5. The number of carbonyl (C=O) groups is 1. The van der Waals surface area contributed by atoms with E-state index in [1.54, 1.807) is 12.3 Å². The van der Waals surface area contributed by atoms with Gasteiger partial charge in [-0.05, 0) is 44.7 Å². The van der Waals surface area contributed by atoms with E-state index in [9.17, 15) is 4.79 Å². The fraction of sp³-hybridized carbons (Fsp3) is 0.625. The normalized spacial score (nSPS) is 12.1. The SMILES string of the molecule is CCNc1ccnc(C(=O)NC(C)(C)CC(C)(C)C)c1. The lowest BCUT2D eigenvalue weighted by Crippen LogP contribution is -2.46. The van der Waals surface area contributed by atoms with Crippen molar-refractivity contribution in [2.45, 2.75) is 53.5 Å². The summed E-state index contributed by atoms with van der Waals surface area (Å²) in [5, 5.41) is 6.25. The van der Waals surface area contributed by atoms with E-state index in [-0.39, 0.29) is 16.9 Å². The average Bonchev–Trinajstić information content (AvgIpc) is 2.25. The van der Waals surface area contributed by atoms with E-state index in [2.05, 4.69) is 36.4 Å². The van der Waals surface area contributed by atoms with Gasteiger partial charge in [0.1, 0.15) is 5.69 Å². The highest BCUT2D eigenvalue weighted by Gasteiger charge is 2.27. The van der Waals surface area contributed by atoms with Crippen LogP contribution in [0.3, 0.4) is 0 Å². The van der Waals surface area contributed by atoms with Crippen molar-refractivity contribution < 1.29 is 4.79 Å². The maximum Gasteiger partial charge on any atom is 0.270 e. The third-order valence-corrected chi connectivity index (χ3v) is 2.80. The van der Waals surface area contributed by atoms with E-state index in [1.165, 1.54) is 0 Å². The molecule has 0 saturated heterocycles. The molecule has 0 radical (unpaired) electrons. The molecule has 0 aliphatic carbocycles. The first-order chi connectivity index (χ1) is 9.13. The monoisotopic (exact) mass is 277 g/mol. The number of aromatic nitrogens is 1. The minimum Gasteiger partial charge on any atom is -0.385 e. The molecule has 0 unspecified atom stereocenters. The third kappa shape index (κ3) is 5.59. The highest BCUT2D eigenvalue weighted by molar-refractivity contribution is 5.93. The summed E-state index contributed by atoms with van der Waals surface area (Å²) in [5.41, 5.74) is 1.27.